The van der Waals surface area contributed by atoms with Crippen molar-refractivity contribution in [1.82, 2.24) is 29.7 Å². The molecule has 2 aromatic rings. The number of anilines is 2. The van der Waals surface area contributed by atoms with Gasteiger partial charge in [-0.1, -0.05) is 11.8 Å². The predicted octanol–water partition coefficient (Wildman–Crippen LogP) is 0.648. The van der Waals surface area contributed by atoms with Crippen LogP contribution in [0.1, 0.15) is 6.92 Å². The van der Waals surface area contributed by atoms with Crippen molar-refractivity contribution in [2.24, 2.45) is 0 Å². The molecule has 0 atom stereocenters. The van der Waals surface area contributed by atoms with Crippen molar-refractivity contribution in [2.45, 2.75) is 12.1 Å². The van der Waals surface area contributed by atoms with Crippen LogP contribution in [-0.4, -0.2) is 49.6 Å². The molecule has 0 amide bonds. The fourth-order valence-electron chi connectivity index (χ4n) is 1.25. The summed E-state index contributed by atoms with van der Waals surface area (Å²) in [4.78, 5) is 16.8. The lowest BCUT2D eigenvalue weighted by Crippen LogP contribution is -2.11. The van der Waals surface area contributed by atoms with Crippen molar-refractivity contribution in [3.63, 3.8) is 0 Å². The number of aromatic nitrogens is 6. The zero-order valence-corrected chi connectivity index (χ0v) is 11.2. The van der Waals surface area contributed by atoms with E-state index < -0.39 is 0 Å². The first-order chi connectivity index (χ1) is 8.76. The maximum Gasteiger partial charge on any atom is 0.258 e. The highest BCUT2D eigenvalue weighted by molar-refractivity contribution is 7.98. The number of hydrogen-bond acceptors (Lipinski definition) is 8. The molecule has 0 spiro atoms. The molecule has 0 unspecified atom stereocenters. The first-order valence-corrected chi connectivity index (χ1v) is 6.63. The van der Waals surface area contributed by atoms with Gasteiger partial charge in [0.15, 0.2) is 0 Å². The second-order valence-electron chi connectivity index (χ2n) is 3.24. The summed E-state index contributed by atoms with van der Waals surface area (Å²) >= 11 is 1.46. The Morgan fingerprint density at radius 1 is 1.28 bits per heavy atom. The highest BCUT2D eigenvalue weighted by atomic mass is 32.2. The predicted molar refractivity (Wildman–Crippen MR) is 70.2 cm³/mol. The van der Waals surface area contributed by atoms with Crippen molar-refractivity contribution in [2.75, 3.05) is 30.5 Å². The number of thioether (sulfide) groups is 1. The largest absolute Gasteiger partial charge is 0.357 e. The van der Waals surface area contributed by atoms with E-state index >= 15 is 0 Å². The van der Waals surface area contributed by atoms with Crippen LogP contribution in [0.5, 0.6) is 0 Å². The molecule has 18 heavy (non-hydrogen) atoms. The van der Waals surface area contributed by atoms with Crippen LogP contribution in [0.25, 0.3) is 5.95 Å². The summed E-state index contributed by atoms with van der Waals surface area (Å²) in [5.74, 6) is 1.42. The minimum absolute atomic E-state index is 0.429. The smallest absolute Gasteiger partial charge is 0.258 e. The third-order valence-electron chi connectivity index (χ3n) is 2.04. The Labute approximate surface area is 109 Å². The molecule has 0 saturated carbocycles. The van der Waals surface area contributed by atoms with Crippen LogP contribution in [0, 0.1) is 0 Å². The second kappa shape index (κ2) is 5.63. The molecular formula is C9H14N8S. The van der Waals surface area contributed by atoms with Gasteiger partial charge in [0, 0.05) is 13.6 Å². The summed E-state index contributed by atoms with van der Waals surface area (Å²) in [7, 11) is 1.75. The normalized spacial score (nSPS) is 10.4. The lowest BCUT2D eigenvalue weighted by molar-refractivity contribution is 0.771. The monoisotopic (exact) mass is 266 g/mol. The van der Waals surface area contributed by atoms with E-state index in [0.717, 1.165) is 6.54 Å². The highest BCUT2D eigenvalue weighted by Crippen LogP contribution is 2.11. The molecule has 0 aliphatic carbocycles. The zero-order chi connectivity index (χ0) is 13.0. The van der Waals surface area contributed by atoms with Gasteiger partial charge in [-0.3, -0.25) is 0 Å². The summed E-state index contributed by atoms with van der Waals surface area (Å²) in [5, 5.41) is 10.8. The molecule has 2 N–H and O–H groups in total. The molecule has 2 aromatic heterocycles. The summed E-state index contributed by atoms with van der Waals surface area (Å²) in [6.45, 7) is 2.71. The van der Waals surface area contributed by atoms with Gasteiger partial charge in [0.2, 0.25) is 17.1 Å². The van der Waals surface area contributed by atoms with E-state index in [1.54, 1.807) is 13.4 Å². The molecule has 0 saturated heterocycles. The van der Waals surface area contributed by atoms with Gasteiger partial charge < -0.3 is 10.6 Å². The number of hydrogen-bond donors (Lipinski definition) is 2. The van der Waals surface area contributed by atoms with Crippen LogP contribution in [0.15, 0.2) is 11.5 Å². The van der Waals surface area contributed by atoms with Gasteiger partial charge in [0.1, 0.15) is 6.33 Å². The van der Waals surface area contributed by atoms with E-state index in [4.69, 9.17) is 0 Å². The van der Waals surface area contributed by atoms with Crippen molar-refractivity contribution < 1.29 is 0 Å². The summed E-state index contributed by atoms with van der Waals surface area (Å²) in [5.41, 5.74) is 0. The van der Waals surface area contributed by atoms with Gasteiger partial charge in [0.25, 0.3) is 5.95 Å². The lowest BCUT2D eigenvalue weighted by Gasteiger charge is -2.06. The van der Waals surface area contributed by atoms with Crippen LogP contribution in [0.2, 0.25) is 0 Å². The van der Waals surface area contributed by atoms with Crippen LogP contribution in [-0.2, 0) is 0 Å². The van der Waals surface area contributed by atoms with Gasteiger partial charge in [-0.05, 0) is 13.2 Å². The van der Waals surface area contributed by atoms with Gasteiger partial charge in [-0.2, -0.15) is 19.6 Å². The van der Waals surface area contributed by atoms with E-state index in [0.29, 0.717) is 23.0 Å². The minimum atomic E-state index is 0.429. The highest BCUT2D eigenvalue weighted by Gasteiger charge is 2.09. The molecule has 0 fully saturated rings. The Morgan fingerprint density at radius 3 is 2.67 bits per heavy atom. The van der Waals surface area contributed by atoms with Crippen molar-refractivity contribution in [3.05, 3.63) is 6.33 Å². The average Bonchev–Trinajstić information content (AvgIpc) is 2.87. The fourth-order valence-corrected chi connectivity index (χ4v) is 1.58. The van der Waals surface area contributed by atoms with E-state index in [1.165, 1.54) is 16.4 Å². The first-order valence-electron chi connectivity index (χ1n) is 5.40. The van der Waals surface area contributed by atoms with E-state index in [9.17, 15) is 0 Å². The van der Waals surface area contributed by atoms with Crippen LogP contribution >= 0.6 is 11.8 Å². The van der Waals surface area contributed by atoms with Gasteiger partial charge >= 0.3 is 0 Å². The molecule has 0 radical (unpaired) electrons. The average molecular weight is 266 g/mol. The summed E-state index contributed by atoms with van der Waals surface area (Å²) in [6, 6.07) is 0. The van der Waals surface area contributed by atoms with E-state index in [-0.39, 0.29) is 0 Å². The summed E-state index contributed by atoms with van der Waals surface area (Å²) in [6.07, 6.45) is 3.49. The number of nitrogens with zero attached hydrogens (tertiary/aromatic N) is 6. The molecule has 96 valence electrons. The van der Waals surface area contributed by atoms with Crippen LogP contribution < -0.4 is 10.6 Å². The quantitative estimate of drug-likeness (QED) is 0.762. The number of rotatable bonds is 5. The molecule has 0 aromatic carbocycles. The molecule has 9 heteroatoms. The second-order valence-corrected chi connectivity index (χ2v) is 4.01. The van der Waals surface area contributed by atoms with Gasteiger partial charge in [0.05, 0.1) is 0 Å². The fraction of sp³-hybridized carbons (Fsp3) is 0.444. The Balaban J connectivity index is 2.39. The molecule has 0 aliphatic rings. The summed E-state index contributed by atoms with van der Waals surface area (Å²) < 4.78 is 1.52. The molecule has 8 nitrogen and oxygen atoms in total. The van der Waals surface area contributed by atoms with Crippen molar-refractivity contribution >= 4 is 23.7 Å². The lowest BCUT2D eigenvalue weighted by atomic mass is 10.7. The molecule has 0 bridgehead atoms. The van der Waals surface area contributed by atoms with Crippen LogP contribution in [0.4, 0.5) is 11.9 Å². The third kappa shape index (κ3) is 2.67. The zero-order valence-electron chi connectivity index (χ0n) is 10.4. The molecule has 2 rings (SSSR count). The number of nitrogens with one attached hydrogen (secondary N) is 2. The van der Waals surface area contributed by atoms with Crippen molar-refractivity contribution in [3.8, 4) is 5.95 Å². The minimum Gasteiger partial charge on any atom is -0.357 e. The Kier molecular flexibility index (Phi) is 3.92. The topological polar surface area (TPSA) is 93.4 Å². The van der Waals surface area contributed by atoms with Gasteiger partial charge in [-0.25, -0.2) is 4.98 Å². The Bertz CT molecular complexity index is 525. The van der Waals surface area contributed by atoms with Crippen LogP contribution in [0.3, 0.4) is 0 Å². The molecular weight excluding hydrogens is 252 g/mol. The standard InChI is InChI=1S/C9H14N8S/c1-4-11-7-13-6(10-2)14-8(15-7)17-5-12-9(16-17)18-3/h5H,4H2,1-3H3,(H2,10,11,13,14,15). The molecule has 2 heterocycles. The van der Waals surface area contributed by atoms with E-state index in [1.807, 2.05) is 13.2 Å². The van der Waals surface area contributed by atoms with Gasteiger partial charge in [-0.15, -0.1) is 5.10 Å². The maximum absolute atomic E-state index is 4.27. The maximum atomic E-state index is 4.27. The Hall–Kier alpha value is -1.90. The van der Waals surface area contributed by atoms with E-state index in [2.05, 4.69) is 35.7 Å². The molecule has 0 aliphatic heterocycles. The van der Waals surface area contributed by atoms with Crippen molar-refractivity contribution in [1.29, 1.82) is 0 Å². The third-order valence-corrected chi connectivity index (χ3v) is 2.59. The Morgan fingerprint density at radius 2 is 2.06 bits per heavy atom. The SMILES string of the molecule is CCNc1nc(NC)nc(-n2cnc(SC)n2)n1. The first kappa shape index (κ1) is 12.6.